The Morgan fingerprint density at radius 2 is 2.00 bits per heavy atom. The maximum atomic E-state index is 12.6. The Balaban J connectivity index is 1.43. The van der Waals surface area contributed by atoms with Gasteiger partial charge in [0.25, 0.3) is 0 Å². The lowest BCUT2D eigenvalue weighted by molar-refractivity contribution is -0.125. The highest BCUT2D eigenvalue weighted by molar-refractivity contribution is 7.17. The van der Waals surface area contributed by atoms with Crippen LogP contribution in [0, 0.1) is 5.92 Å². The summed E-state index contributed by atoms with van der Waals surface area (Å²) < 4.78 is 1.97. The van der Waals surface area contributed by atoms with Crippen molar-refractivity contribution in [2.45, 2.75) is 39.0 Å². The predicted molar refractivity (Wildman–Crippen MR) is 114 cm³/mol. The highest BCUT2D eigenvalue weighted by Gasteiger charge is 2.27. The third kappa shape index (κ3) is 5.78. The maximum Gasteiger partial charge on any atom is 0.224 e. The van der Waals surface area contributed by atoms with Gasteiger partial charge >= 0.3 is 0 Å². The first-order valence-corrected chi connectivity index (χ1v) is 11.2. The molecule has 1 aliphatic heterocycles. The van der Waals surface area contributed by atoms with Gasteiger partial charge in [-0.1, -0.05) is 24.7 Å². The number of carbonyl (C=O) groups excluding carboxylic acids is 1. The molecule has 2 aromatic heterocycles. The molecule has 154 valence electrons. The Morgan fingerprint density at radius 1 is 1.25 bits per heavy atom. The zero-order valence-electron chi connectivity index (χ0n) is 17.0. The second-order valence-corrected chi connectivity index (χ2v) is 8.48. The standard InChI is InChI=1S/C20H32N6OS/c1-3-4-11-24(2)12-8-10-21-18(27)17-9-7-15-26(16-17)20-23-22-19(28-20)25-13-5-6-14-25/h5-6,13-14,17H,3-4,7-12,15-16H2,1-2H3,(H,21,27)/t17-/m0/s1. The summed E-state index contributed by atoms with van der Waals surface area (Å²) in [5.41, 5.74) is 0. The van der Waals surface area contributed by atoms with E-state index in [9.17, 15) is 4.79 Å². The van der Waals surface area contributed by atoms with Crippen LogP contribution in [0.15, 0.2) is 24.5 Å². The summed E-state index contributed by atoms with van der Waals surface area (Å²) >= 11 is 1.57. The van der Waals surface area contributed by atoms with Crippen molar-refractivity contribution in [2.24, 2.45) is 5.92 Å². The van der Waals surface area contributed by atoms with Crippen LogP contribution in [0.5, 0.6) is 0 Å². The van der Waals surface area contributed by atoms with Crippen LogP contribution in [-0.2, 0) is 4.79 Å². The fraction of sp³-hybridized carbons (Fsp3) is 0.650. The lowest BCUT2D eigenvalue weighted by Crippen LogP contribution is -2.43. The van der Waals surface area contributed by atoms with Crippen molar-refractivity contribution >= 4 is 22.4 Å². The van der Waals surface area contributed by atoms with E-state index in [0.29, 0.717) is 0 Å². The van der Waals surface area contributed by atoms with Gasteiger partial charge in [-0.2, -0.15) is 0 Å². The Labute approximate surface area is 171 Å². The molecular weight excluding hydrogens is 372 g/mol. The van der Waals surface area contributed by atoms with Crippen molar-refractivity contribution in [3.63, 3.8) is 0 Å². The third-order valence-electron chi connectivity index (χ3n) is 5.20. The van der Waals surface area contributed by atoms with E-state index in [4.69, 9.17) is 0 Å². The monoisotopic (exact) mass is 404 g/mol. The molecule has 1 atom stereocenters. The van der Waals surface area contributed by atoms with Gasteiger partial charge in [-0.15, -0.1) is 10.2 Å². The highest BCUT2D eigenvalue weighted by Crippen LogP contribution is 2.27. The molecule has 0 saturated carbocycles. The Hall–Kier alpha value is -1.93. The minimum Gasteiger partial charge on any atom is -0.356 e. The van der Waals surface area contributed by atoms with Gasteiger partial charge in [0, 0.05) is 32.0 Å². The summed E-state index contributed by atoms with van der Waals surface area (Å²) in [5, 5.41) is 13.5. The number of nitrogens with zero attached hydrogens (tertiary/aromatic N) is 5. The van der Waals surface area contributed by atoms with E-state index < -0.39 is 0 Å². The summed E-state index contributed by atoms with van der Waals surface area (Å²) in [7, 11) is 2.15. The van der Waals surface area contributed by atoms with Crippen LogP contribution in [0.3, 0.4) is 0 Å². The smallest absolute Gasteiger partial charge is 0.224 e. The molecule has 1 amide bonds. The molecule has 3 heterocycles. The zero-order chi connectivity index (χ0) is 19.8. The minimum atomic E-state index is 0.0329. The molecule has 1 N–H and O–H groups in total. The summed E-state index contributed by atoms with van der Waals surface area (Å²) in [6, 6.07) is 3.95. The number of hydrogen-bond acceptors (Lipinski definition) is 6. The van der Waals surface area contributed by atoms with E-state index in [1.807, 2.05) is 29.1 Å². The van der Waals surface area contributed by atoms with E-state index in [1.165, 1.54) is 12.8 Å². The van der Waals surface area contributed by atoms with Crippen molar-refractivity contribution in [2.75, 3.05) is 44.7 Å². The van der Waals surface area contributed by atoms with E-state index >= 15 is 0 Å². The topological polar surface area (TPSA) is 66.3 Å². The fourth-order valence-electron chi connectivity index (χ4n) is 3.51. The van der Waals surface area contributed by atoms with Crippen LogP contribution in [0.25, 0.3) is 5.13 Å². The second-order valence-electron chi connectivity index (χ2n) is 7.54. The SMILES string of the molecule is CCCCN(C)CCCNC(=O)[C@H]1CCCN(c2nnc(-n3cccc3)s2)C1. The maximum absolute atomic E-state index is 12.6. The largest absolute Gasteiger partial charge is 0.356 e. The van der Waals surface area contributed by atoms with E-state index in [2.05, 4.69) is 39.3 Å². The lowest BCUT2D eigenvalue weighted by atomic mass is 9.97. The number of carbonyl (C=O) groups is 1. The first kappa shape index (κ1) is 20.8. The van der Waals surface area contributed by atoms with Gasteiger partial charge in [-0.3, -0.25) is 9.36 Å². The molecule has 3 rings (SSSR count). The van der Waals surface area contributed by atoms with Crippen molar-refractivity contribution in [1.82, 2.24) is 25.0 Å². The van der Waals surface area contributed by atoms with Gasteiger partial charge in [0.1, 0.15) is 0 Å². The third-order valence-corrected chi connectivity index (χ3v) is 6.20. The molecule has 1 fully saturated rings. The zero-order valence-corrected chi connectivity index (χ0v) is 17.8. The van der Waals surface area contributed by atoms with Gasteiger partial charge in [-0.05, 0) is 58.0 Å². The van der Waals surface area contributed by atoms with Crippen molar-refractivity contribution in [3.8, 4) is 5.13 Å². The molecule has 0 unspecified atom stereocenters. The number of nitrogens with one attached hydrogen (secondary N) is 1. The van der Waals surface area contributed by atoms with Gasteiger partial charge in [0.2, 0.25) is 16.2 Å². The number of piperidine rings is 1. The van der Waals surface area contributed by atoms with Gasteiger partial charge in [0.05, 0.1) is 5.92 Å². The van der Waals surface area contributed by atoms with Crippen molar-refractivity contribution in [1.29, 1.82) is 0 Å². The summed E-state index contributed by atoms with van der Waals surface area (Å²) in [4.78, 5) is 17.1. The molecule has 0 spiro atoms. The Kier molecular flexibility index (Phi) is 7.85. The molecule has 0 aromatic carbocycles. The molecule has 7 nitrogen and oxygen atoms in total. The van der Waals surface area contributed by atoms with Crippen LogP contribution < -0.4 is 10.2 Å². The van der Waals surface area contributed by atoms with Gasteiger partial charge in [0.15, 0.2) is 0 Å². The molecule has 1 saturated heterocycles. The first-order valence-electron chi connectivity index (χ1n) is 10.4. The van der Waals surface area contributed by atoms with E-state index in [-0.39, 0.29) is 11.8 Å². The predicted octanol–water partition coefficient (Wildman–Crippen LogP) is 2.78. The molecule has 8 heteroatoms. The molecule has 1 aliphatic rings. The quantitative estimate of drug-likeness (QED) is 0.617. The number of amides is 1. The molecule has 0 aliphatic carbocycles. The van der Waals surface area contributed by atoms with Gasteiger partial charge in [-0.25, -0.2) is 0 Å². The van der Waals surface area contributed by atoms with E-state index in [1.54, 1.807) is 11.3 Å². The Bertz CT molecular complexity index is 716. The number of hydrogen-bond donors (Lipinski definition) is 1. The first-order chi connectivity index (χ1) is 13.7. The van der Waals surface area contributed by atoms with Crippen molar-refractivity contribution < 1.29 is 4.79 Å². The number of rotatable bonds is 10. The number of aromatic nitrogens is 3. The van der Waals surface area contributed by atoms with E-state index in [0.717, 1.165) is 62.2 Å². The van der Waals surface area contributed by atoms with Crippen LogP contribution in [-0.4, -0.2) is 65.3 Å². The van der Waals surface area contributed by atoms with Crippen LogP contribution in [0.1, 0.15) is 39.0 Å². The fourth-order valence-corrected chi connectivity index (χ4v) is 4.36. The normalized spacial score (nSPS) is 17.2. The van der Waals surface area contributed by atoms with Crippen molar-refractivity contribution in [3.05, 3.63) is 24.5 Å². The van der Waals surface area contributed by atoms with Crippen LogP contribution >= 0.6 is 11.3 Å². The van der Waals surface area contributed by atoms with Crippen LogP contribution in [0.4, 0.5) is 5.13 Å². The minimum absolute atomic E-state index is 0.0329. The number of anilines is 1. The molecule has 0 radical (unpaired) electrons. The molecule has 0 bridgehead atoms. The average Bonchev–Trinajstić information content (AvgIpc) is 3.41. The lowest BCUT2D eigenvalue weighted by Gasteiger charge is -2.31. The summed E-state index contributed by atoms with van der Waals surface area (Å²) in [5.74, 6) is 0.210. The second kappa shape index (κ2) is 10.6. The molecular formula is C20H32N6OS. The average molecular weight is 405 g/mol. The molecule has 28 heavy (non-hydrogen) atoms. The summed E-state index contributed by atoms with van der Waals surface area (Å²) in [6.45, 7) is 6.79. The highest BCUT2D eigenvalue weighted by atomic mass is 32.1. The molecule has 2 aromatic rings. The number of unbranched alkanes of at least 4 members (excludes halogenated alkanes) is 1. The summed E-state index contributed by atoms with van der Waals surface area (Å²) in [6.07, 6.45) is 9.35. The Morgan fingerprint density at radius 3 is 2.79 bits per heavy atom. The van der Waals surface area contributed by atoms with Gasteiger partial charge < -0.3 is 15.1 Å². The van der Waals surface area contributed by atoms with Crippen LogP contribution in [0.2, 0.25) is 0 Å².